The van der Waals surface area contributed by atoms with Crippen molar-refractivity contribution in [2.45, 2.75) is 38.0 Å². The normalized spacial score (nSPS) is 22.7. The van der Waals surface area contributed by atoms with E-state index in [1.807, 2.05) is 0 Å². The van der Waals surface area contributed by atoms with E-state index in [2.05, 4.69) is 10.2 Å². The van der Waals surface area contributed by atoms with Crippen molar-refractivity contribution in [2.75, 3.05) is 0 Å². The van der Waals surface area contributed by atoms with Gasteiger partial charge in [-0.3, -0.25) is 10.2 Å². The molecule has 0 atom stereocenters. The molecule has 0 unspecified atom stereocenters. The highest BCUT2D eigenvalue weighted by Crippen LogP contribution is 2.37. The quantitative estimate of drug-likeness (QED) is 0.512. The maximum atomic E-state index is 12.2. The zero-order valence-corrected chi connectivity index (χ0v) is 11.3. The van der Waals surface area contributed by atoms with Crippen molar-refractivity contribution in [1.29, 1.82) is 0 Å². The second-order valence-electron chi connectivity index (χ2n) is 5.18. The first-order valence-corrected chi connectivity index (χ1v) is 6.75. The fourth-order valence-corrected chi connectivity index (χ4v) is 2.77. The molecular weight excluding hydrogens is 285 g/mol. The lowest BCUT2D eigenvalue weighted by Gasteiger charge is -2.27. The van der Waals surface area contributed by atoms with Crippen LogP contribution < -0.4 is 16.0 Å². The van der Waals surface area contributed by atoms with E-state index >= 15 is 0 Å². The van der Waals surface area contributed by atoms with Gasteiger partial charge < -0.3 is 4.74 Å². The summed E-state index contributed by atoms with van der Waals surface area (Å²) in [5.74, 6) is 4.75. The summed E-state index contributed by atoms with van der Waals surface area (Å²) in [4.78, 5) is 11.4. The molecule has 1 aliphatic rings. The predicted molar refractivity (Wildman–Crippen MR) is 70.2 cm³/mol. The van der Waals surface area contributed by atoms with Crippen LogP contribution in [0, 0.1) is 5.92 Å². The van der Waals surface area contributed by atoms with Gasteiger partial charge in [-0.05, 0) is 49.3 Å². The minimum atomic E-state index is -4.69. The fraction of sp³-hybridized carbons (Fsp3) is 0.500. The van der Waals surface area contributed by atoms with Crippen LogP contribution in [0.25, 0.3) is 0 Å². The molecule has 0 heterocycles. The Morgan fingerprint density at radius 2 is 1.90 bits per heavy atom. The third-order valence-electron chi connectivity index (χ3n) is 3.80. The van der Waals surface area contributed by atoms with Gasteiger partial charge >= 0.3 is 6.36 Å². The molecule has 1 amide bonds. The van der Waals surface area contributed by atoms with Crippen LogP contribution in [0.15, 0.2) is 24.3 Å². The summed E-state index contributed by atoms with van der Waals surface area (Å²) in [6, 6.07) is 6.04. The number of ether oxygens (including phenoxy) is 1. The topological polar surface area (TPSA) is 64.3 Å². The van der Waals surface area contributed by atoms with Crippen LogP contribution >= 0.6 is 0 Å². The van der Waals surface area contributed by atoms with Gasteiger partial charge in [0.1, 0.15) is 5.75 Å². The summed E-state index contributed by atoms with van der Waals surface area (Å²) in [6.07, 6.45) is -1.84. The second-order valence-corrected chi connectivity index (χ2v) is 5.18. The summed E-state index contributed by atoms with van der Waals surface area (Å²) in [7, 11) is 0. The molecule has 0 aromatic heterocycles. The second kappa shape index (κ2) is 6.34. The summed E-state index contributed by atoms with van der Waals surface area (Å²) in [5, 5.41) is 0. The number of halogens is 3. The Kier molecular flexibility index (Phi) is 4.72. The van der Waals surface area contributed by atoms with Crippen LogP contribution in [0.5, 0.6) is 5.75 Å². The summed E-state index contributed by atoms with van der Waals surface area (Å²) < 4.78 is 40.6. The van der Waals surface area contributed by atoms with E-state index in [1.54, 1.807) is 12.1 Å². The average molecular weight is 302 g/mol. The molecule has 7 heteroatoms. The van der Waals surface area contributed by atoms with E-state index in [-0.39, 0.29) is 23.5 Å². The van der Waals surface area contributed by atoms with Gasteiger partial charge in [-0.2, -0.15) is 0 Å². The van der Waals surface area contributed by atoms with Gasteiger partial charge in [-0.25, -0.2) is 5.84 Å². The lowest BCUT2D eigenvalue weighted by Crippen LogP contribution is -2.37. The molecular formula is C14H17F3N2O2. The zero-order valence-electron chi connectivity index (χ0n) is 11.3. The number of carbonyl (C=O) groups is 1. The molecule has 2 rings (SSSR count). The molecule has 21 heavy (non-hydrogen) atoms. The molecule has 116 valence electrons. The lowest BCUT2D eigenvalue weighted by molar-refractivity contribution is -0.274. The van der Waals surface area contributed by atoms with E-state index in [4.69, 9.17) is 5.84 Å². The van der Waals surface area contributed by atoms with Crippen LogP contribution in [0.3, 0.4) is 0 Å². The van der Waals surface area contributed by atoms with E-state index in [1.165, 1.54) is 12.1 Å². The first-order valence-electron chi connectivity index (χ1n) is 6.75. The van der Waals surface area contributed by atoms with Crippen molar-refractivity contribution in [3.8, 4) is 5.75 Å². The summed E-state index contributed by atoms with van der Waals surface area (Å²) in [5.41, 5.74) is 2.95. The van der Waals surface area contributed by atoms with E-state index in [0.29, 0.717) is 12.8 Å². The Balaban J connectivity index is 2.00. The van der Waals surface area contributed by atoms with Gasteiger partial charge in [-0.15, -0.1) is 13.2 Å². The van der Waals surface area contributed by atoms with E-state index in [9.17, 15) is 18.0 Å². The van der Waals surface area contributed by atoms with Gasteiger partial charge in [-0.1, -0.05) is 12.1 Å². The third kappa shape index (κ3) is 4.35. The summed E-state index contributed by atoms with van der Waals surface area (Å²) >= 11 is 0. The first-order chi connectivity index (χ1) is 9.89. The average Bonchev–Trinajstić information content (AvgIpc) is 2.45. The Labute approximate surface area is 120 Å². The van der Waals surface area contributed by atoms with Crippen molar-refractivity contribution < 1.29 is 22.7 Å². The molecule has 1 saturated carbocycles. The van der Waals surface area contributed by atoms with Crippen LogP contribution in [0.4, 0.5) is 13.2 Å². The molecule has 1 aliphatic carbocycles. The van der Waals surface area contributed by atoms with Crippen molar-refractivity contribution in [3.63, 3.8) is 0 Å². The molecule has 1 aromatic carbocycles. The molecule has 0 saturated heterocycles. The Morgan fingerprint density at radius 1 is 1.24 bits per heavy atom. The lowest BCUT2D eigenvalue weighted by atomic mass is 9.78. The number of carbonyl (C=O) groups excluding carboxylic acids is 1. The number of rotatable bonds is 3. The van der Waals surface area contributed by atoms with Gasteiger partial charge in [0.25, 0.3) is 0 Å². The van der Waals surface area contributed by atoms with E-state index < -0.39 is 6.36 Å². The number of amides is 1. The highest BCUT2D eigenvalue weighted by Gasteiger charge is 2.32. The van der Waals surface area contributed by atoms with Gasteiger partial charge in [0, 0.05) is 5.92 Å². The Hall–Kier alpha value is -1.76. The Morgan fingerprint density at radius 3 is 2.48 bits per heavy atom. The third-order valence-corrected chi connectivity index (χ3v) is 3.80. The highest BCUT2D eigenvalue weighted by molar-refractivity contribution is 5.78. The number of hydrogen-bond donors (Lipinski definition) is 2. The molecule has 3 N–H and O–H groups in total. The SMILES string of the molecule is NNC(=O)C1CCC(c2cccc(OC(F)(F)F)c2)CC1. The maximum Gasteiger partial charge on any atom is 0.573 e. The highest BCUT2D eigenvalue weighted by atomic mass is 19.4. The molecule has 1 fully saturated rings. The fourth-order valence-electron chi connectivity index (χ4n) is 2.77. The summed E-state index contributed by atoms with van der Waals surface area (Å²) in [6.45, 7) is 0. The molecule has 0 bridgehead atoms. The number of hydrazine groups is 1. The van der Waals surface area contributed by atoms with Crippen LogP contribution in [0.1, 0.15) is 37.2 Å². The number of hydrogen-bond acceptors (Lipinski definition) is 3. The number of nitrogens with two attached hydrogens (primary N) is 1. The molecule has 1 aromatic rings. The Bertz CT molecular complexity index is 497. The van der Waals surface area contributed by atoms with Crippen molar-refractivity contribution >= 4 is 5.91 Å². The number of benzene rings is 1. The molecule has 0 radical (unpaired) electrons. The maximum absolute atomic E-state index is 12.2. The molecule has 4 nitrogen and oxygen atoms in total. The minimum Gasteiger partial charge on any atom is -0.406 e. The predicted octanol–water partition coefficient (Wildman–Crippen LogP) is 2.85. The smallest absolute Gasteiger partial charge is 0.406 e. The van der Waals surface area contributed by atoms with Gasteiger partial charge in [0.2, 0.25) is 5.91 Å². The van der Waals surface area contributed by atoms with E-state index in [0.717, 1.165) is 18.4 Å². The molecule has 0 aliphatic heterocycles. The van der Waals surface area contributed by atoms with Gasteiger partial charge in [0.15, 0.2) is 0 Å². The number of alkyl halides is 3. The molecule has 0 spiro atoms. The van der Waals surface area contributed by atoms with Crippen molar-refractivity contribution in [3.05, 3.63) is 29.8 Å². The largest absolute Gasteiger partial charge is 0.573 e. The van der Waals surface area contributed by atoms with Crippen molar-refractivity contribution in [1.82, 2.24) is 5.43 Å². The van der Waals surface area contributed by atoms with Crippen LogP contribution in [-0.2, 0) is 4.79 Å². The number of nitrogens with one attached hydrogen (secondary N) is 1. The van der Waals surface area contributed by atoms with Crippen LogP contribution in [-0.4, -0.2) is 12.3 Å². The van der Waals surface area contributed by atoms with Gasteiger partial charge in [0.05, 0.1) is 0 Å². The van der Waals surface area contributed by atoms with Crippen LogP contribution in [0.2, 0.25) is 0 Å². The minimum absolute atomic E-state index is 0.110. The standard InChI is InChI=1S/C14H17F3N2O2/c15-14(16,17)21-12-3-1-2-11(8-12)9-4-6-10(7-5-9)13(20)19-18/h1-3,8-10H,4-7,18H2,(H,19,20). The monoisotopic (exact) mass is 302 g/mol. The zero-order chi connectivity index (χ0) is 15.5. The first kappa shape index (κ1) is 15.6. The van der Waals surface area contributed by atoms with Crippen molar-refractivity contribution in [2.24, 2.45) is 11.8 Å².